The predicted octanol–water partition coefficient (Wildman–Crippen LogP) is 3.15. The Morgan fingerprint density at radius 2 is 1.96 bits per heavy atom. The number of hydrogen-bond donors (Lipinski definition) is 2. The molecule has 2 aromatic rings. The van der Waals surface area contributed by atoms with E-state index in [4.69, 9.17) is 9.15 Å². The zero-order chi connectivity index (χ0) is 19.8. The molecule has 0 saturated carbocycles. The second-order valence-electron chi connectivity index (χ2n) is 7.70. The number of guanidine groups is 1. The van der Waals surface area contributed by atoms with Crippen LogP contribution in [0.15, 0.2) is 52.1 Å². The number of hydrogen-bond acceptors (Lipinski definition) is 4. The average Bonchev–Trinajstić information content (AvgIpc) is 3.35. The molecule has 1 saturated heterocycles. The summed E-state index contributed by atoms with van der Waals surface area (Å²) >= 11 is 0. The minimum Gasteiger partial charge on any atom is -0.468 e. The molecule has 2 N–H and O–H groups in total. The lowest BCUT2D eigenvalue weighted by atomic mass is 10.0. The van der Waals surface area contributed by atoms with E-state index in [9.17, 15) is 0 Å². The Morgan fingerprint density at radius 3 is 2.64 bits per heavy atom. The third-order valence-electron chi connectivity index (χ3n) is 5.16. The predicted molar refractivity (Wildman–Crippen MR) is 112 cm³/mol. The normalized spacial score (nSPS) is 19.9. The first-order valence-corrected chi connectivity index (χ1v) is 9.94. The molecule has 3 rings (SSSR count). The van der Waals surface area contributed by atoms with E-state index in [1.807, 2.05) is 12.1 Å². The molecule has 0 amide bonds. The Morgan fingerprint density at radius 1 is 1.14 bits per heavy atom. The number of nitrogens with one attached hydrogen (secondary N) is 2. The lowest BCUT2D eigenvalue weighted by Crippen LogP contribution is -2.45. The maximum Gasteiger partial charge on any atom is 0.191 e. The highest BCUT2D eigenvalue weighted by Crippen LogP contribution is 2.23. The Balaban J connectivity index is 1.53. The quantitative estimate of drug-likeness (QED) is 0.541. The third kappa shape index (κ3) is 5.84. The van der Waals surface area contributed by atoms with Crippen molar-refractivity contribution in [2.75, 3.05) is 27.2 Å². The van der Waals surface area contributed by atoms with E-state index >= 15 is 0 Å². The lowest BCUT2D eigenvalue weighted by Gasteiger charge is -2.25. The van der Waals surface area contributed by atoms with Crippen LogP contribution >= 0.6 is 0 Å². The standard InChI is InChI=1S/C22H32N4O2/c1-22(11-7-13-28-22)17-25-21(23-2)24-14-18-8-4-5-9-19(18)15-26(3)16-20-10-6-12-27-20/h4-6,8-10,12H,7,11,13-17H2,1-3H3,(H2,23,24,25). The fraction of sp³-hybridized carbons (Fsp3) is 0.500. The molecule has 6 heteroatoms. The summed E-state index contributed by atoms with van der Waals surface area (Å²) in [6.07, 6.45) is 3.93. The molecule has 0 spiro atoms. The Hall–Kier alpha value is -2.31. The molecule has 1 aliphatic heterocycles. The summed E-state index contributed by atoms with van der Waals surface area (Å²) in [6, 6.07) is 12.4. The van der Waals surface area contributed by atoms with Gasteiger partial charge in [0.25, 0.3) is 0 Å². The molecule has 0 radical (unpaired) electrons. The molecule has 0 bridgehead atoms. The molecule has 6 nitrogen and oxygen atoms in total. The summed E-state index contributed by atoms with van der Waals surface area (Å²) in [6.45, 7) is 6.14. The number of aliphatic imine (C=N–C) groups is 1. The van der Waals surface area contributed by atoms with E-state index in [1.54, 1.807) is 13.3 Å². The number of ether oxygens (including phenoxy) is 1. The van der Waals surface area contributed by atoms with Crippen molar-refractivity contribution in [1.82, 2.24) is 15.5 Å². The van der Waals surface area contributed by atoms with Crippen LogP contribution in [-0.2, 0) is 24.4 Å². The van der Waals surface area contributed by atoms with Crippen LogP contribution in [0.4, 0.5) is 0 Å². The first-order valence-electron chi connectivity index (χ1n) is 9.94. The van der Waals surface area contributed by atoms with Crippen LogP contribution in [0.3, 0.4) is 0 Å². The number of benzene rings is 1. The van der Waals surface area contributed by atoms with E-state index in [0.717, 1.165) is 57.3 Å². The van der Waals surface area contributed by atoms with Crippen molar-refractivity contribution < 1.29 is 9.15 Å². The molecule has 1 aromatic heterocycles. The van der Waals surface area contributed by atoms with Gasteiger partial charge in [-0.2, -0.15) is 0 Å². The third-order valence-corrected chi connectivity index (χ3v) is 5.16. The zero-order valence-corrected chi connectivity index (χ0v) is 17.2. The van der Waals surface area contributed by atoms with Crippen molar-refractivity contribution in [1.29, 1.82) is 0 Å². The van der Waals surface area contributed by atoms with Gasteiger partial charge in [-0.1, -0.05) is 24.3 Å². The van der Waals surface area contributed by atoms with Gasteiger partial charge < -0.3 is 19.8 Å². The molecular formula is C22H32N4O2. The highest BCUT2D eigenvalue weighted by Gasteiger charge is 2.29. The van der Waals surface area contributed by atoms with Crippen LogP contribution in [0, 0.1) is 0 Å². The first-order chi connectivity index (χ1) is 13.6. The van der Waals surface area contributed by atoms with Gasteiger partial charge >= 0.3 is 0 Å². The Labute approximate surface area is 168 Å². The minimum absolute atomic E-state index is 0.0932. The monoisotopic (exact) mass is 384 g/mol. The van der Waals surface area contributed by atoms with Crippen LogP contribution in [0.2, 0.25) is 0 Å². The van der Waals surface area contributed by atoms with Gasteiger partial charge in [-0.05, 0) is 50.1 Å². The van der Waals surface area contributed by atoms with Gasteiger partial charge in [0.2, 0.25) is 0 Å². The largest absolute Gasteiger partial charge is 0.468 e. The highest BCUT2D eigenvalue weighted by molar-refractivity contribution is 5.79. The van der Waals surface area contributed by atoms with Crippen molar-refractivity contribution in [3.05, 3.63) is 59.5 Å². The minimum atomic E-state index is -0.0932. The van der Waals surface area contributed by atoms with Crippen LogP contribution in [0.25, 0.3) is 0 Å². The summed E-state index contributed by atoms with van der Waals surface area (Å²) in [5, 5.41) is 6.84. The second-order valence-corrected chi connectivity index (χ2v) is 7.70. The molecule has 1 fully saturated rings. The molecule has 1 aromatic carbocycles. The molecule has 1 unspecified atom stereocenters. The number of rotatable bonds is 8. The Kier molecular flexibility index (Phi) is 7.12. The molecule has 1 aliphatic rings. The molecule has 152 valence electrons. The Bertz CT molecular complexity index is 752. The van der Waals surface area contributed by atoms with Gasteiger partial charge in [0.1, 0.15) is 5.76 Å². The van der Waals surface area contributed by atoms with Crippen LogP contribution in [-0.4, -0.2) is 43.7 Å². The molecule has 28 heavy (non-hydrogen) atoms. The van der Waals surface area contributed by atoms with E-state index in [0.29, 0.717) is 0 Å². The smallest absolute Gasteiger partial charge is 0.191 e. The average molecular weight is 385 g/mol. The van der Waals surface area contributed by atoms with E-state index in [1.165, 1.54) is 11.1 Å². The van der Waals surface area contributed by atoms with Gasteiger partial charge in [-0.15, -0.1) is 0 Å². The number of nitrogens with zero attached hydrogens (tertiary/aromatic N) is 2. The summed E-state index contributed by atoms with van der Waals surface area (Å²) in [7, 11) is 3.91. The van der Waals surface area contributed by atoms with E-state index in [-0.39, 0.29) is 5.60 Å². The summed E-state index contributed by atoms with van der Waals surface area (Å²) in [5.74, 6) is 1.78. The number of furan rings is 1. The van der Waals surface area contributed by atoms with Crippen LogP contribution in [0.1, 0.15) is 36.7 Å². The highest BCUT2D eigenvalue weighted by atomic mass is 16.5. The fourth-order valence-electron chi connectivity index (χ4n) is 3.55. The lowest BCUT2D eigenvalue weighted by molar-refractivity contribution is 0.0243. The summed E-state index contributed by atoms with van der Waals surface area (Å²) < 4.78 is 11.3. The molecular weight excluding hydrogens is 352 g/mol. The first kappa shape index (κ1) is 20.4. The van der Waals surface area contributed by atoms with Gasteiger partial charge in [-0.3, -0.25) is 9.89 Å². The van der Waals surface area contributed by atoms with Gasteiger partial charge in [-0.25, -0.2) is 0 Å². The molecule has 0 aliphatic carbocycles. The SMILES string of the molecule is CN=C(NCc1ccccc1CN(C)Cc1ccco1)NCC1(C)CCCO1. The van der Waals surface area contributed by atoms with Crippen molar-refractivity contribution in [3.63, 3.8) is 0 Å². The van der Waals surface area contributed by atoms with Crippen molar-refractivity contribution in [3.8, 4) is 0 Å². The van der Waals surface area contributed by atoms with Crippen molar-refractivity contribution >= 4 is 5.96 Å². The van der Waals surface area contributed by atoms with E-state index in [2.05, 4.69) is 58.8 Å². The van der Waals surface area contributed by atoms with E-state index < -0.39 is 0 Å². The topological polar surface area (TPSA) is 62.0 Å². The van der Waals surface area contributed by atoms with Gasteiger partial charge in [0, 0.05) is 33.3 Å². The second kappa shape index (κ2) is 9.75. The van der Waals surface area contributed by atoms with Gasteiger partial charge in [0.05, 0.1) is 18.4 Å². The zero-order valence-electron chi connectivity index (χ0n) is 17.2. The van der Waals surface area contributed by atoms with Crippen LogP contribution < -0.4 is 10.6 Å². The fourth-order valence-corrected chi connectivity index (χ4v) is 3.55. The maximum atomic E-state index is 5.85. The van der Waals surface area contributed by atoms with Crippen LogP contribution in [0.5, 0.6) is 0 Å². The molecule has 2 heterocycles. The summed E-state index contributed by atoms with van der Waals surface area (Å²) in [4.78, 5) is 6.60. The van der Waals surface area contributed by atoms with Crippen molar-refractivity contribution in [2.45, 2.75) is 45.0 Å². The van der Waals surface area contributed by atoms with Gasteiger partial charge in [0.15, 0.2) is 5.96 Å². The molecule has 1 atom stereocenters. The summed E-state index contributed by atoms with van der Waals surface area (Å²) in [5.41, 5.74) is 2.47. The van der Waals surface area contributed by atoms with Crippen molar-refractivity contribution in [2.24, 2.45) is 4.99 Å². The maximum absolute atomic E-state index is 5.85.